The predicted molar refractivity (Wildman–Crippen MR) is 98.9 cm³/mol. The summed E-state index contributed by atoms with van der Waals surface area (Å²) in [5, 5.41) is 0.494. The highest BCUT2D eigenvalue weighted by molar-refractivity contribution is 9.09. The average Bonchev–Trinajstić information content (AvgIpc) is 2.97. The van der Waals surface area contributed by atoms with Crippen LogP contribution in [0.1, 0.15) is 64.7 Å². The van der Waals surface area contributed by atoms with E-state index in [4.69, 9.17) is 0 Å². The summed E-state index contributed by atoms with van der Waals surface area (Å²) >= 11 is 3.39. The first-order chi connectivity index (χ1) is 12.0. The molecule has 0 spiro atoms. The van der Waals surface area contributed by atoms with Crippen molar-refractivity contribution in [2.45, 2.75) is 71.1 Å². The fourth-order valence-corrected chi connectivity index (χ4v) is 8.13. The Bertz CT molecular complexity index is 524. The zero-order valence-electron chi connectivity index (χ0n) is 15.2. The topological polar surface area (TPSA) is 17.1 Å². The number of ketones is 1. The molecule has 0 N–H and O–H groups in total. The smallest absolute Gasteiger partial charge is 0.241 e. The lowest BCUT2D eigenvalue weighted by molar-refractivity contribution is -0.128. The van der Waals surface area contributed by atoms with Gasteiger partial charge in [-0.05, 0) is 92.8 Å². The van der Waals surface area contributed by atoms with E-state index in [0.29, 0.717) is 28.9 Å². The summed E-state index contributed by atoms with van der Waals surface area (Å²) in [6, 6.07) is 0. The molecule has 0 radical (unpaired) electrons. The maximum Gasteiger partial charge on any atom is 0.241 e. The lowest BCUT2D eigenvalue weighted by Crippen LogP contribution is -2.49. The SMILES string of the molecule is CC12CCC3C4CCC(C(F)F)CC4CCC3C1CCC2C(=O)CBr. The van der Waals surface area contributed by atoms with Crippen molar-refractivity contribution in [1.82, 2.24) is 0 Å². The molecule has 4 rings (SSSR count). The van der Waals surface area contributed by atoms with E-state index in [-0.39, 0.29) is 17.3 Å². The molecule has 8 atom stereocenters. The number of carbonyl (C=O) groups excluding carboxylic acids is 1. The minimum atomic E-state index is -2.13. The number of halogens is 3. The molecule has 4 fully saturated rings. The second-order valence-electron chi connectivity index (χ2n) is 9.62. The third kappa shape index (κ3) is 2.93. The van der Waals surface area contributed by atoms with E-state index >= 15 is 0 Å². The van der Waals surface area contributed by atoms with Gasteiger partial charge in [-0.25, -0.2) is 8.78 Å². The lowest BCUT2D eigenvalue weighted by atomic mass is 9.49. The van der Waals surface area contributed by atoms with Crippen LogP contribution in [0, 0.1) is 46.8 Å². The van der Waals surface area contributed by atoms with Gasteiger partial charge < -0.3 is 0 Å². The number of alkyl halides is 3. The third-order valence-electron chi connectivity index (χ3n) is 8.87. The van der Waals surface area contributed by atoms with Crippen molar-refractivity contribution in [3.05, 3.63) is 0 Å². The van der Waals surface area contributed by atoms with Gasteiger partial charge in [0.1, 0.15) is 5.78 Å². The van der Waals surface area contributed by atoms with Gasteiger partial charge in [-0.2, -0.15) is 0 Å². The predicted octanol–water partition coefficient (Wildman–Crippen LogP) is 6.10. The molecule has 8 unspecified atom stereocenters. The van der Waals surface area contributed by atoms with Crippen LogP contribution in [0.4, 0.5) is 8.78 Å². The van der Waals surface area contributed by atoms with Gasteiger partial charge in [0.25, 0.3) is 0 Å². The Hall–Kier alpha value is 0.01000. The summed E-state index contributed by atoms with van der Waals surface area (Å²) in [6.45, 7) is 2.38. The fraction of sp³-hybridized carbons (Fsp3) is 0.952. The monoisotopic (exact) mass is 416 g/mol. The van der Waals surface area contributed by atoms with E-state index < -0.39 is 6.43 Å². The molecule has 4 aliphatic carbocycles. The fourth-order valence-electron chi connectivity index (χ4n) is 7.74. The van der Waals surface area contributed by atoms with Crippen molar-refractivity contribution in [3.8, 4) is 0 Å². The van der Waals surface area contributed by atoms with Crippen molar-refractivity contribution in [2.75, 3.05) is 5.33 Å². The van der Waals surface area contributed by atoms with E-state index in [0.717, 1.165) is 43.9 Å². The summed E-state index contributed by atoms with van der Waals surface area (Å²) in [4.78, 5) is 12.4. The molecular formula is C21H31BrF2O. The highest BCUT2D eigenvalue weighted by Gasteiger charge is 2.58. The highest BCUT2D eigenvalue weighted by Crippen LogP contribution is 2.64. The van der Waals surface area contributed by atoms with E-state index in [2.05, 4.69) is 22.9 Å². The van der Waals surface area contributed by atoms with E-state index in [9.17, 15) is 13.6 Å². The summed E-state index contributed by atoms with van der Waals surface area (Å²) in [5.74, 6) is 3.69. The van der Waals surface area contributed by atoms with Gasteiger partial charge in [0, 0.05) is 11.8 Å². The Labute approximate surface area is 158 Å². The lowest BCUT2D eigenvalue weighted by Gasteiger charge is -2.56. The molecule has 0 bridgehead atoms. The van der Waals surface area contributed by atoms with E-state index in [1.807, 2.05) is 0 Å². The van der Waals surface area contributed by atoms with Crippen molar-refractivity contribution < 1.29 is 13.6 Å². The molecular weight excluding hydrogens is 386 g/mol. The van der Waals surface area contributed by atoms with Crippen LogP contribution in [0.5, 0.6) is 0 Å². The first-order valence-corrected chi connectivity index (χ1v) is 11.4. The van der Waals surface area contributed by atoms with Gasteiger partial charge in [0.15, 0.2) is 0 Å². The van der Waals surface area contributed by atoms with Gasteiger partial charge in [0.2, 0.25) is 6.43 Å². The van der Waals surface area contributed by atoms with E-state index in [1.54, 1.807) is 0 Å². The maximum atomic E-state index is 13.2. The molecule has 0 amide bonds. The van der Waals surface area contributed by atoms with Crippen molar-refractivity contribution in [2.24, 2.45) is 46.8 Å². The molecule has 4 heteroatoms. The minimum absolute atomic E-state index is 0.193. The van der Waals surface area contributed by atoms with Crippen molar-refractivity contribution in [1.29, 1.82) is 0 Å². The molecule has 4 aliphatic rings. The number of hydrogen-bond donors (Lipinski definition) is 0. The zero-order valence-corrected chi connectivity index (χ0v) is 16.8. The molecule has 0 aliphatic heterocycles. The molecule has 25 heavy (non-hydrogen) atoms. The molecule has 142 valence electrons. The molecule has 0 aromatic carbocycles. The summed E-state index contributed by atoms with van der Waals surface area (Å²) in [5.41, 5.74) is 0.193. The zero-order chi connectivity index (χ0) is 17.8. The quantitative estimate of drug-likeness (QED) is 0.507. The van der Waals surface area contributed by atoms with Gasteiger partial charge in [-0.1, -0.05) is 22.9 Å². The van der Waals surface area contributed by atoms with Crippen LogP contribution in [0.15, 0.2) is 0 Å². The van der Waals surface area contributed by atoms with Crippen LogP contribution in [0.3, 0.4) is 0 Å². The van der Waals surface area contributed by atoms with Crippen LogP contribution in [0.2, 0.25) is 0 Å². The first-order valence-electron chi connectivity index (χ1n) is 10.3. The third-order valence-corrected chi connectivity index (χ3v) is 9.42. The second-order valence-corrected chi connectivity index (χ2v) is 10.2. The molecule has 0 aromatic rings. The summed E-state index contributed by atoms with van der Waals surface area (Å²) in [7, 11) is 0. The molecule has 0 heterocycles. The normalized spacial score (nSPS) is 49.4. The number of rotatable bonds is 3. The highest BCUT2D eigenvalue weighted by atomic mass is 79.9. The molecule has 0 saturated heterocycles. The number of carbonyl (C=O) groups is 1. The van der Waals surface area contributed by atoms with Crippen LogP contribution in [-0.4, -0.2) is 17.5 Å². The number of hydrogen-bond acceptors (Lipinski definition) is 1. The summed E-state index contributed by atoms with van der Waals surface area (Å²) in [6.07, 6.45) is 7.43. The Morgan fingerprint density at radius 3 is 2.52 bits per heavy atom. The van der Waals surface area contributed by atoms with Gasteiger partial charge in [0.05, 0.1) is 5.33 Å². The minimum Gasteiger partial charge on any atom is -0.298 e. The number of fused-ring (bicyclic) bond motifs is 5. The largest absolute Gasteiger partial charge is 0.298 e. The van der Waals surface area contributed by atoms with Crippen LogP contribution in [-0.2, 0) is 4.79 Å². The van der Waals surface area contributed by atoms with Crippen molar-refractivity contribution >= 4 is 21.7 Å². The van der Waals surface area contributed by atoms with Crippen LogP contribution < -0.4 is 0 Å². The Morgan fingerprint density at radius 2 is 1.80 bits per heavy atom. The Morgan fingerprint density at radius 1 is 1.04 bits per heavy atom. The standard InChI is InChI=1S/C21H31BrF2O/c1-21-9-8-15-14-4-3-13(20(23)24)10-12(14)2-5-16(15)17(21)6-7-18(21)19(25)11-22/h12-18,20H,2-11H2,1H3. The average molecular weight is 417 g/mol. The van der Waals surface area contributed by atoms with Crippen molar-refractivity contribution in [3.63, 3.8) is 0 Å². The second kappa shape index (κ2) is 6.87. The maximum absolute atomic E-state index is 13.2. The summed E-state index contributed by atoms with van der Waals surface area (Å²) < 4.78 is 26.3. The van der Waals surface area contributed by atoms with Gasteiger partial charge in [-0.15, -0.1) is 0 Å². The van der Waals surface area contributed by atoms with Gasteiger partial charge >= 0.3 is 0 Å². The molecule has 1 nitrogen and oxygen atoms in total. The Balaban J connectivity index is 1.50. The Kier molecular flexibility index (Phi) is 5.05. The van der Waals surface area contributed by atoms with Gasteiger partial charge in [-0.3, -0.25) is 4.79 Å². The molecule has 4 saturated carbocycles. The van der Waals surface area contributed by atoms with Crippen LogP contribution in [0.25, 0.3) is 0 Å². The van der Waals surface area contributed by atoms with E-state index in [1.165, 1.54) is 25.7 Å². The van der Waals surface area contributed by atoms with Crippen LogP contribution >= 0.6 is 15.9 Å². The molecule has 0 aromatic heterocycles. The number of Topliss-reactive ketones (excluding diaryl/α,β-unsaturated/α-hetero) is 1. The first kappa shape index (κ1) is 18.4.